The topological polar surface area (TPSA) is 39.2 Å². The summed E-state index contributed by atoms with van der Waals surface area (Å²) in [4.78, 5) is 17.2. The van der Waals surface area contributed by atoms with Crippen molar-refractivity contribution < 1.29 is 13.9 Å². The number of pyridine rings is 1. The van der Waals surface area contributed by atoms with Gasteiger partial charge in [-0.1, -0.05) is 101 Å². The quantitative estimate of drug-likeness (QED) is 0.118. The van der Waals surface area contributed by atoms with Crippen LogP contribution in [0.5, 0.6) is 5.75 Å². The second kappa shape index (κ2) is 14.7. The Morgan fingerprint density at radius 3 is 2.11 bits per heavy atom. The molecular weight excluding hydrogens is 461 g/mol. The molecule has 1 atom stereocenters. The van der Waals surface area contributed by atoms with E-state index >= 15 is 0 Å². The van der Waals surface area contributed by atoms with Gasteiger partial charge < -0.3 is 4.74 Å². The summed E-state index contributed by atoms with van der Waals surface area (Å²) in [6.45, 7) is 5.66. The highest BCUT2D eigenvalue weighted by molar-refractivity contribution is 5.83. The van der Waals surface area contributed by atoms with Crippen LogP contribution in [0.1, 0.15) is 90.5 Å². The molecule has 3 nitrogen and oxygen atoms in total. The van der Waals surface area contributed by atoms with E-state index in [0.717, 1.165) is 48.1 Å². The number of aromatic nitrogens is 1. The molecule has 0 radical (unpaired) electrons. The summed E-state index contributed by atoms with van der Waals surface area (Å²) in [5.41, 5.74) is 3.30. The largest absolute Gasteiger partial charge is 0.424 e. The minimum absolute atomic E-state index is 0.182. The van der Waals surface area contributed by atoms with Crippen LogP contribution in [0, 0.1) is 0 Å². The Morgan fingerprint density at radius 2 is 1.46 bits per heavy atom. The molecule has 0 amide bonds. The average molecular weight is 504 g/mol. The smallest absolute Gasteiger partial charge is 0.348 e. The highest BCUT2D eigenvalue weighted by atomic mass is 19.1. The predicted molar refractivity (Wildman–Crippen MR) is 151 cm³/mol. The fourth-order valence-corrected chi connectivity index (χ4v) is 4.52. The van der Waals surface area contributed by atoms with Crippen LogP contribution in [0.15, 0.2) is 66.9 Å². The molecule has 0 N–H and O–H groups in total. The van der Waals surface area contributed by atoms with Crippen molar-refractivity contribution in [1.29, 1.82) is 0 Å². The second-order valence-corrected chi connectivity index (χ2v) is 10.2. The first-order chi connectivity index (χ1) is 17.9. The van der Waals surface area contributed by atoms with Crippen molar-refractivity contribution in [2.24, 2.45) is 0 Å². The van der Waals surface area contributed by atoms with Gasteiger partial charge in [-0.15, -0.1) is 0 Å². The minimum atomic E-state index is -1.98. The normalized spacial score (nSPS) is 12.8. The summed E-state index contributed by atoms with van der Waals surface area (Å²) in [5.74, 6) is -0.475. The first-order valence-electron chi connectivity index (χ1n) is 14.0. The molecule has 0 aliphatic heterocycles. The van der Waals surface area contributed by atoms with Gasteiger partial charge in [-0.05, 0) is 67.5 Å². The average Bonchev–Trinajstić information content (AvgIpc) is 2.92. The fourth-order valence-electron chi connectivity index (χ4n) is 4.52. The van der Waals surface area contributed by atoms with Crippen LogP contribution in [0.25, 0.3) is 22.4 Å². The third-order valence-electron chi connectivity index (χ3n) is 6.90. The number of hydrogen-bond acceptors (Lipinski definition) is 3. The Balaban J connectivity index is 1.65. The van der Waals surface area contributed by atoms with E-state index in [2.05, 4.69) is 38.1 Å². The van der Waals surface area contributed by atoms with E-state index in [4.69, 9.17) is 9.72 Å². The van der Waals surface area contributed by atoms with Gasteiger partial charge in [0.25, 0.3) is 0 Å². The molecule has 4 heteroatoms. The number of carbonyl (C=O) groups is 1. The maximum absolute atomic E-state index is 14.8. The van der Waals surface area contributed by atoms with Crippen LogP contribution in [0.4, 0.5) is 4.39 Å². The van der Waals surface area contributed by atoms with E-state index in [1.54, 1.807) is 12.1 Å². The highest BCUT2D eigenvalue weighted by Crippen LogP contribution is 2.32. The molecule has 0 saturated heterocycles. The van der Waals surface area contributed by atoms with Crippen molar-refractivity contribution in [2.45, 2.75) is 97.1 Å². The van der Waals surface area contributed by atoms with Gasteiger partial charge in [0, 0.05) is 11.8 Å². The molecule has 0 aliphatic rings. The van der Waals surface area contributed by atoms with Gasteiger partial charge in [-0.25, -0.2) is 9.18 Å². The van der Waals surface area contributed by atoms with Gasteiger partial charge in [0.15, 0.2) is 0 Å². The summed E-state index contributed by atoms with van der Waals surface area (Å²) in [5, 5.41) is 0. The summed E-state index contributed by atoms with van der Waals surface area (Å²) >= 11 is 0. The molecule has 0 saturated carbocycles. The lowest BCUT2D eigenvalue weighted by Gasteiger charge is -2.18. The van der Waals surface area contributed by atoms with Gasteiger partial charge in [0.1, 0.15) is 5.75 Å². The Labute approximate surface area is 222 Å². The number of carbonyl (C=O) groups excluding carboxylic acids is 1. The third-order valence-corrected chi connectivity index (χ3v) is 6.90. The lowest BCUT2D eigenvalue weighted by Crippen LogP contribution is -2.34. The maximum Gasteiger partial charge on any atom is 0.348 e. The summed E-state index contributed by atoms with van der Waals surface area (Å²) in [7, 11) is 0. The summed E-state index contributed by atoms with van der Waals surface area (Å²) in [6, 6.07) is 19.7. The van der Waals surface area contributed by atoms with Crippen LogP contribution in [0.2, 0.25) is 0 Å². The van der Waals surface area contributed by atoms with Crippen molar-refractivity contribution in [1.82, 2.24) is 4.98 Å². The van der Waals surface area contributed by atoms with E-state index in [0.29, 0.717) is 12.2 Å². The lowest BCUT2D eigenvalue weighted by atomic mass is 9.96. The molecule has 0 fully saturated rings. The molecule has 37 heavy (non-hydrogen) atoms. The third kappa shape index (κ3) is 8.80. The van der Waals surface area contributed by atoms with Crippen molar-refractivity contribution in [2.75, 3.05) is 0 Å². The van der Waals surface area contributed by atoms with E-state index in [-0.39, 0.29) is 6.42 Å². The van der Waals surface area contributed by atoms with Crippen LogP contribution in [-0.4, -0.2) is 16.6 Å². The maximum atomic E-state index is 14.8. The first kappa shape index (κ1) is 28.6. The van der Waals surface area contributed by atoms with Crippen molar-refractivity contribution in [3.05, 3.63) is 72.4 Å². The fraction of sp³-hybridized carbons (Fsp3) is 0.455. The van der Waals surface area contributed by atoms with Gasteiger partial charge in [0.05, 0.1) is 5.69 Å². The molecule has 198 valence electrons. The first-order valence-corrected chi connectivity index (χ1v) is 14.0. The van der Waals surface area contributed by atoms with Crippen molar-refractivity contribution >= 4 is 5.97 Å². The number of hydrogen-bond donors (Lipinski definition) is 0. The van der Waals surface area contributed by atoms with Crippen molar-refractivity contribution in [3.63, 3.8) is 0 Å². The van der Waals surface area contributed by atoms with Crippen LogP contribution in [0.3, 0.4) is 0 Å². The van der Waals surface area contributed by atoms with Crippen LogP contribution >= 0.6 is 0 Å². The second-order valence-electron chi connectivity index (χ2n) is 10.2. The molecule has 0 spiro atoms. The molecule has 1 unspecified atom stereocenters. The van der Waals surface area contributed by atoms with Crippen LogP contribution < -0.4 is 4.74 Å². The molecule has 1 aromatic heterocycles. The number of benzene rings is 2. The lowest BCUT2D eigenvalue weighted by molar-refractivity contribution is -0.147. The molecule has 0 bridgehead atoms. The molecule has 2 aromatic carbocycles. The molecule has 3 rings (SSSR count). The Hall–Kier alpha value is -3.01. The van der Waals surface area contributed by atoms with E-state index in [9.17, 15) is 9.18 Å². The van der Waals surface area contributed by atoms with Gasteiger partial charge >= 0.3 is 5.97 Å². The van der Waals surface area contributed by atoms with E-state index in [1.807, 2.05) is 30.5 Å². The monoisotopic (exact) mass is 503 g/mol. The number of unbranched alkanes of at least 4 members (excludes halogenated alkanes) is 7. The zero-order chi connectivity index (χ0) is 26.5. The van der Waals surface area contributed by atoms with E-state index < -0.39 is 11.6 Å². The van der Waals surface area contributed by atoms with E-state index in [1.165, 1.54) is 44.6 Å². The number of nitrogens with zero attached hydrogens (tertiary/aromatic N) is 1. The minimum Gasteiger partial charge on any atom is -0.424 e. The van der Waals surface area contributed by atoms with Crippen molar-refractivity contribution in [3.8, 4) is 28.1 Å². The van der Waals surface area contributed by atoms with Gasteiger partial charge in [-0.2, -0.15) is 0 Å². The zero-order valence-corrected chi connectivity index (χ0v) is 22.8. The molecule has 0 aliphatic carbocycles. The molecule has 1 heterocycles. The molecular formula is C33H42FNO2. The zero-order valence-electron chi connectivity index (χ0n) is 22.8. The summed E-state index contributed by atoms with van der Waals surface area (Å²) in [6.07, 6.45) is 13.3. The number of alkyl halides is 1. The number of ether oxygens (including phenoxy) is 1. The number of esters is 1. The Morgan fingerprint density at radius 1 is 0.811 bits per heavy atom. The highest BCUT2D eigenvalue weighted by Gasteiger charge is 2.34. The SMILES string of the molecule is CCCCCCCc1ccc(-c2ccccc2-c2ccc(OC(=O)C(C)(F)CCCCCC)cc2)nc1. The number of halogens is 1. The number of aryl methyl sites for hydroxylation is 1. The van der Waals surface area contributed by atoms with Crippen LogP contribution in [-0.2, 0) is 11.2 Å². The predicted octanol–water partition coefficient (Wildman–Crippen LogP) is 9.53. The Kier molecular flexibility index (Phi) is 11.3. The standard InChI is InChI=1S/C33H42FNO2/c1-4-6-8-10-11-15-26-18-23-31(35-25-26)30-17-13-12-16-29(30)27-19-21-28(22-20-27)37-32(36)33(3,34)24-14-9-7-5-2/h12-13,16-23,25H,4-11,14-15,24H2,1-3H3. The summed E-state index contributed by atoms with van der Waals surface area (Å²) < 4.78 is 20.2. The Bertz CT molecular complexity index is 1090. The van der Waals surface area contributed by atoms with Gasteiger partial charge in [0.2, 0.25) is 5.67 Å². The van der Waals surface area contributed by atoms with Gasteiger partial charge in [-0.3, -0.25) is 4.98 Å². The molecule has 3 aromatic rings. The number of rotatable bonds is 15.